The Morgan fingerprint density at radius 1 is 1.40 bits per heavy atom. The fourth-order valence-electron chi connectivity index (χ4n) is 2.29. The molecule has 2 aromatic rings. The monoisotopic (exact) mass is 276 g/mol. The Morgan fingerprint density at radius 3 is 2.75 bits per heavy atom. The third kappa shape index (κ3) is 2.78. The van der Waals surface area contributed by atoms with Crippen LogP contribution in [0.5, 0.6) is 5.75 Å². The van der Waals surface area contributed by atoms with Gasteiger partial charge in [-0.1, -0.05) is 0 Å². The molecule has 1 heterocycles. The van der Waals surface area contributed by atoms with Crippen molar-refractivity contribution in [3.05, 3.63) is 24.0 Å². The Bertz CT molecular complexity index is 577. The van der Waals surface area contributed by atoms with Crippen LogP contribution in [0.15, 0.2) is 18.2 Å². The molecule has 0 aliphatic rings. The molecule has 0 saturated heterocycles. The summed E-state index contributed by atoms with van der Waals surface area (Å²) in [7, 11) is 5.81. The van der Waals surface area contributed by atoms with E-state index in [1.165, 1.54) is 0 Å². The van der Waals surface area contributed by atoms with Crippen LogP contribution in [0.2, 0.25) is 0 Å². The van der Waals surface area contributed by atoms with Gasteiger partial charge in [-0.05, 0) is 46.1 Å². The second kappa shape index (κ2) is 6.24. The molecule has 5 heteroatoms. The number of fused-ring (bicyclic) bond motifs is 1. The Hall–Kier alpha value is -1.59. The van der Waals surface area contributed by atoms with Crippen LogP contribution in [0.25, 0.3) is 11.0 Å². The Labute approximate surface area is 120 Å². The summed E-state index contributed by atoms with van der Waals surface area (Å²) in [5.74, 6) is 1.91. The Morgan fingerprint density at radius 2 is 2.15 bits per heavy atom. The average molecular weight is 276 g/mol. The molecular weight excluding hydrogens is 252 g/mol. The van der Waals surface area contributed by atoms with Gasteiger partial charge in [0.15, 0.2) is 0 Å². The molecule has 2 N–H and O–H groups in total. The maximum Gasteiger partial charge on any atom is 0.126 e. The quantitative estimate of drug-likeness (QED) is 0.877. The highest BCUT2D eigenvalue weighted by Gasteiger charge is 2.18. The van der Waals surface area contributed by atoms with Crippen molar-refractivity contribution in [2.45, 2.75) is 25.9 Å². The summed E-state index contributed by atoms with van der Waals surface area (Å²) in [4.78, 5) is 6.96. The number of rotatable bonds is 6. The Kier molecular flexibility index (Phi) is 4.62. The van der Waals surface area contributed by atoms with Gasteiger partial charge in [-0.2, -0.15) is 0 Å². The van der Waals surface area contributed by atoms with Gasteiger partial charge in [0.25, 0.3) is 0 Å². The number of hydrogen-bond acceptors (Lipinski definition) is 4. The largest absolute Gasteiger partial charge is 0.497 e. The topological polar surface area (TPSA) is 56.3 Å². The molecule has 1 atom stereocenters. The first-order valence-corrected chi connectivity index (χ1v) is 6.99. The van der Waals surface area contributed by atoms with Crippen LogP contribution < -0.4 is 10.5 Å². The van der Waals surface area contributed by atoms with Crippen LogP contribution in [-0.2, 0) is 6.54 Å². The molecule has 0 saturated carbocycles. The fourth-order valence-corrected chi connectivity index (χ4v) is 2.29. The molecule has 5 nitrogen and oxygen atoms in total. The minimum Gasteiger partial charge on any atom is -0.497 e. The molecule has 0 bridgehead atoms. The lowest BCUT2D eigenvalue weighted by molar-refractivity contribution is 0.301. The number of imidazole rings is 1. The molecule has 110 valence electrons. The lowest BCUT2D eigenvalue weighted by Gasteiger charge is -2.20. The number of aryl methyl sites for hydroxylation is 1. The first-order valence-electron chi connectivity index (χ1n) is 6.99. The summed E-state index contributed by atoms with van der Waals surface area (Å²) in [6, 6.07) is 6.29. The van der Waals surface area contributed by atoms with E-state index in [2.05, 4.69) is 36.6 Å². The molecule has 0 fully saturated rings. The summed E-state index contributed by atoms with van der Waals surface area (Å²) in [5, 5.41) is 0. The normalized spacial score (nSPS) is 13.1. The number of benzene rings is 1. The standard InChI is InChI=1S/C15H24N4O/c1-11(18(2)3)15-17-13-10-12(20-4)6-7-14(13)19(15)9-5-8-16/h6-7,10-11H,5,8-9,16H2,1-4H3. The van der Waals surface area contributed by atoms with Crippen molar-refractivity contribution in [2.24, 2.45) is 5.73 Å². The smallest absolute Gasteiger partial charge is 0.126 e. The highest BCUT2D eigenvalue weighted by atomic mass is 16.5. The molecule has 0 aliphatic carbocycles. The van der Waals surface area contributed by atoms with Crippen LogP contribution in [-0.4, -0.2) is 42.2 Å². The predicted molar refractivity (Wildman–Crippen MR) is 82.1 cm³/mol. The molecule has 1 unspecified atom stereocenters. The predicted octanol–water partition coefficient (Wildman–Crippen LogP) is 2.02. The van der Waals surface area contributed by atoms with E-state index in [1.807, 2.05) is 12.1 Å². The van der Waals surface area contributed by atoms with Crippen molar-refractivity contribution in [3.8, 4) is 5.75 Å². The van der Waals surface area contributed by atoms with Crippen molar-refractivity contribution >= 4 is 11.0 Å². The van der Waals surface area contributed by atoms with Gasteiger partial charge >= 0.3 is 0 Å². The minimum atomic E-state index is 0.256. The van der Waals surface area contributed by atoms with Crippen LogP contribution in [0.4, 0.5) is 0 Å². The van der Waals surface area contributed by atoms with E-state index in [1.54, 1.807) is 7.11 Å². The van der Waals surface area contributed by atoms with E-state index in [0.717, 1.165) is 35.6 Å². The number of ether oxygens (including phenoxy) is 1. The molecule has 0 aliphatic heterocycles. The van der Waals surface area contributed by atoms with E-state index in [9.17, 15) is 0 Å². The third-order valence-corrected chi connectivity index (χ3v) is 3.72. The third-order valence-electron chi connectivity index (χ3n) is 3.72. The van der Waals surface area contributed by atoms with Crippen LogP contribution >= 0.6 is 0 Å². The van der Waals surface area contributed by atoms with E-state index in [-0.39, 0.29) is 6.04 Å². The van der Waals surface area contributed by atoms with Crippen molar-refractivity contribution < 1.29 is 4.74 Å². The Balaban J connectivity index is 2.53. The summed E-state index contributed by atoms with van der Waals surface area (Å²) >= 11 is 0. The summed E-state index contributed by atoms with van der Waals surface area (Å²) in [6.45, 7) is 3.75. The van der Waals surface area contributed by atoms with Gasteiger partial charge in [0, 0.05) is 12.6 Å². The first kappa shape index (κ1) is 14.8. The summed E-state index contributed by atoms with van der Waals surface area (Å²) in [6.07, 6.45) is 0.949. The van der Waals surface area contributed by atoms with Crippen molar-refractivity contribution in [2.75, 3.05) is 27.7 Å². The number of hydrogen-bond donors (Lipinski definition) is 1. The second-order valence-electron chi connectivity index (χ2n) is 5.26. The summed E-state index contributed by atoms with van der Waals surface area (Å²) < 4.78 is 7.55. The molecule has 20 heavy (non-hydrogen) atoms. The SMILES string of the molecule is COc1ccc2c(c1)nc(C(C)N(C)C)n2CCCN. The second-order valence-corrected chi connectivity index (χ2v) is 5.26. The van der Waals surface area contributed by atoms with Crippen LogP contribution in [0.1, 0.15) is 25.2 Å². The van der Waals surface area contributed by atoms with Gasteiger partial charge in [-0.15, -0.1) is 0 Å². The molecular formula is C15H24N4O. The minimum absolute atomic E-state index is 0.256. The van der Waals surface area contributed by atoms with Crippen LogP contribution in [0, 0.1) is 0 Å². The highest BCUT2D eigenvalue weighted by Crippen LogP contribution is 2.26. The zero-order chi connectivity index (χ0) is 14.7. The fraction of sp³-hybridized carbons (Fsp3) is 0.533. The van der Waals surface area contributed by atoms with E-state index in [0.29, 0.717) is 6.54 Å². The van der Waals surface area contributed by atoms with Crippen LogP contribution in [0.3, 0.4) is 0 Å². The first-order chi connectivity index (χ1) is 9.58. The molecule has 2 rings (SSSR count). The average Bonchev–Trinajstić information content (AvgIpc) is 2.81. The van der Waals surface area contributed by atoms with Gasteiger partial charge in [0.2, 0.25) is 0 Å². The zero-order valence-corrected chi connectivity index (χ0v) is 12.8. The number of nitrogens with two attached hydrogens (primary N) is 1. The molecule has 0 spiro atoms. The molecule has 1 aromatic carbocycles. The van der Waals surface area contributed by atoms with Gasteiger partial charge in [0.05, 0.1) is 24.2 Å². The number of methoxy groups -OCH3 is 1. The highest BCUT2D eigenvalue weighted by molar-refractivity contribution is 5.78. The maximum atomic E-state index is 5.66. The van der Waals surface area contributed by atoms with E-state index >= 15 is 0 Å². The van der Waals surface area contributed by atoms with E-state index in [4.69, 9.17) is 15.5 Å². The lowest BCUT2D eigenvalue weighted by atomic mass is 10.2. The number of nitrogens with zero attached hydrogens (tertiary/aromatic N) is 3. The summed E-state index contributed by atoms with van der Waals surface area (Å²) in [5.41, 5.74) is 7.78. The van der Waals surface area contributed by atoms with Crippen molar-refractivity contribution in [1.29, 1.82) is 0 Å². The lowest BCUT2D eigenvalue weighted by Crippen LogP contribution is -2.21. The van der Waals surface area contributed by atoms with Crippen molar-refractivity contribution in [3.63, 3.8) is 0 Å². The number of aromatic nitrogens is 2. The van der Waals surface area contributed by atoms with Gasteiger partial charge in [-0.3, -0.25) is 4.90 Å². The molecule has 0 radical (unpaired) electrons. The van der Waals surface area contributed by atoms with E-state index < -0.39 is 0 Å². The molecule has 0 amide bonds. The molecule has 1 aromatic heterocycles. The van der Waals surface area contributed by atoms with Gasteiger partial charge < -0.3 is 15.0 Å². The zero-order valence-electron chi connectivity index (χ0n) is 12.8. The van der Waals surface area contributed by atoms with Gasteiger partial charge in [0.1, 0.15) is 11.6 Å². The van der Waals surface area contributed by atoms with Gasteiger partial charge in [-0.25, -0.2) is 4.98 Å². The van der Waals surface area contributed by atoms with Crippen molar-refractivity contribution in [1.82, 2.24) is 14.5 Å². The maximum absolute atomic E-state index is 5.66.